The maximum atomic E-state index is 12.1. The summed E-state index contributed by atoms with van der Waals surface area (Å²) in [6.07, 6.45) is 2.19. The molecular weight excluding hydrogens is 292 g/mol. The molecule has 1 amide bonds. The average Bonchev–Trinajstić information content (AvgIpc) is 2.61. The number of unbranched alkanes of at least 4 members (excludes halogenated alkanes) is 1. The standard InChI is InChI=1S/C17H22N4O2/c1-3-4-11-18-16-10-9-15(20-21-16)17(22)19-12-13-5-7-14(23-2)8-6-13/h5-10H,3-4,11-12H2,1-2H3,(H,18,21)(H,19,22). The first-order valence-electron chi connectivity index (χ1n) is 7.71. The summed E-state index contributed by atoms with van der Waals surface area (Å²) >= 11 is 0. The summed E-state index contributed by atoms with van der Waals surface area (Å²) in [5, 5.41) is 13.9. The van der Waals surface area contributed by atoms with Crippen molar-refractivity contribution < 1.29 is 9.53 Å². The second-order valence-corrected chi connectivity index (χ2v) is 5.11. The Morgan fingerprint density at radius 1 is 1.13 bits per heavy atom. The van der Waals surface area contributed by atoms with Gasteiger partial charge in [-0.1, -0.05) is 25.5 Å². The molecule has 0 atom stereocenters. The summed E-state index contributed by atoms with van der Waals surface area (Å²) in [6, 6.07) is 11.0. The number of aromatic nitrogens is 2. The Balaban J connectivity index is 1.84. The van der Waals surface area contributed by atoms with Crippen LogP contribution in [0.5, 0.6) is 5.75 Å². The van der Waals surface area contributed by atoms with Crippen molar-refractivity contribution in [2.45, 2.75) is 26.3 Å². The average molecular weight is 314 g/mol. The van der Waals surface area contributed by atoms with Gasteiger partial charge >= 0.3 is 0 Å². The zero-order chi connectivity index (χ0) is 16.5. The van der Waals surface area contributed by atoms with Gasteiger partial charge in [0.05, 0.1) is 7.11 Å². The molecule has 2 rings (SSSR count). The molecule has 6 nitrogen and oxygen atoms in total. The van der Waals surface area contributed by atoms with Gasteiger partial charge in [0.2, 0.25) is 0 Å². The van der Waals surface area contributed by atoms with Crippen LogP contribution < -0.4 is 15.4 Å². The number of benzene rings is 1. The molecule has 1 aromatic carbocycles. The smallest absolute Gasteiger partial charge is 0.272 e. The van der Waals surface area contributed by atoms with Gasteiger partial charge < -0.3 is 15.4 Å². The molecule has 0 saturated heterocycles. The first-order chi connectivity index (χ1) is 11.2. The number of amides is 1. The number of nitrogens with one attached hydrogen (secondary N) is 2. The number of hydrogen-bond acceptors (Lipinski definition) is 5. The molecule has 0 aliphatic rings. The van der Waals surface area contributed by atoms with Crippen molar-refractivity contribution in [1.82, 2.24) is 15.5 Å². The van der Waals surface area contributed by atoms with Crippen molar-refractivity contribution >= 4 is 11.7 Å². The lowest BCUT2D eigenvalue weighted by Crippen LogP contribution is -2.24. The second kappa shape index (κ2) is 8.73. The van der Waals surface area contributed by atoms with Crippen molar-refractivity contribution in [3.8, 4) is 5.75 Å². The van der Waals surface area contributed by atoms with Crippen LogP contribution in [0.1, 0.15) is 35.8 Å². The molecule has 0 spiro atoms. The third-order valence-electron chi connectivity index (χ3n) is 3.35. The zero-order valence-corrected chi connectivity index (χ0v) is 13.5. The molecule has 122 valence electrons. The van der Waals surface area contributed by atoms with E-state index in [1.165, 1.54) is 0 Å². The summed E-state index contributed by atoms with van der Waals surface area (Å²) < 4.78 is 5.10. The molecule has 2 aromatic rings. The number of rotatable bonds is 8. The van der Waals surface area contributed by atoms with E-state index in [-0.39, 0.29) is 5.91 Å². The van der Waals surface area contributed by atoms with Crippen LogP contribution in [-0.4, -0.2) is 29.8 Å². The summed E-state index contributed by atoms with van der Waals surface area (Å²) in [5.41, 5.74) is 1.30. The minimum atomic E-state index is -0.242. The summed E-state index contributed by atoms with van der Waals surface area (Å²) in [6.45, 7) is 3.42. The van der Waals surface area contributed by atoms with Crippen molar-refractivity contribution in [1.29, 1.82) is 0 Å². The Morgan fingerprint density at radius 3 is 2.52 bits per heavy atom. The topological polar surface area (TPSA) is 76.1 Å². The van der Waals surface area contributed by atoms with Gasteiger partial charge in [0.25, 0.3) is 5.91 Å². The third-order valence-corrected chi connectivity index (χ3v) is 3.35. The Bertz CT molecular complexity index is 611. The fourth-order valence-corrected chi connectivity index (χ4v) is 1.96. The number of carbonyl (C=O) groups is 1. The molecular formula is C17H22N4O2. The van der Waals surface area contributed by atoms with E-state index in [1.807, 2.05) is 24.3 Å². The van der Waals surface area contributed by atoms with Crippen LogP contribution in [0.25, 0.3) is 0 Å². The van der Waals surface area contributed by atoms with Gasteiger partial charge in [0.15, 0.2) is 5.69 Å². The van der Waals surface area contributed by atoms with E-state index >= 15 is 0 Å². The van der Waals surface area contributed by atoms with Crippen molar-refractivity contribution in [3.63, 3.8) is 0 Å². The molecule has 1 heterocycles. The van der Waals surface area contributed by atoms with E-state index in [4.69, 9.17) is 4.74 Å². The molecule has 6 heteroatoms. The van der Waals surface area contributed by atoms with Crippen LogP contribution in [0.4, 0.5) is 5.82 Å². The van der Waals surface area contributed by atoms with E-state index in [0.717, 1.165) is 30.7 Å². The SMILES string of the molecule is CCCCNc1ccc(C(=O)NCc2ccc(OC)cc2)nn1. The predicted octanol–water partition coefficient (Wildman–Crippen LogP) is 2.63. The zero-order valence-electron chi connectivity index (χ0n) is 13.5. The Morgan fingerprint density at radius 2 is 1.91 bits per heavy atom. The van der Waals surface area contributed by atoms with Crippen molar-refractivity contribution in [3.05, 3.63) is 47.7 Å². The molecule has 0 saturated carbocycles. The highest BCUT2D eigenvalue weighted by Crippen LogP contribution is 2.11. The van der Waals surface area contributed by atoms with Gasteiger partial charge in [0.1, 0.15) is 11.6 Å². The Kier molecular flexibility index (Phi) is 6.35. The quantitative estimate of drug-likeness (QED) is 0.733. The first-order valence-corrected chi connectivity index (χ1v) is 7.71. The minimum Gasteiger partial charge on any atom is -0.497 e. The molecule has 0 unspecified atom stereocenters. The largest absolute Gasteiger partial charge is 0.497 e. The normalized spacial score (nSPS) is 10.2. The number of carbonyl (C=O) groups excluding carboxylic acids is 1. The highest BCUT2D eigenvalue weighted by molar-refractivity contribution is 5.92. The van der Waals surface area contributed by atoms with E-state index in [2.05, 4.69) is 27.8 Å². The highest BCUT2D eigenvalue weighted by atomic mass is 16.5. The third kappa shape index (κ3) is 5.25. The van der Waals surface area contributed by atoms with Crippen molar-refractivity contribution in [2.24, 2.45) is 0 Å². The maximum absolute atomic E-state index is 12.1. The van der Waals surface area contributed by atoms with Gasteiger partial charge in [-0.05, 0) is 36.2 Å². The maximum Gasteiger partial charge on any atom is 0.272 e. The lowest BCUT2D eigenvalue weighted by molar-refractivity contribution is 0.0945. The van der Waals surface area contributed by atoms with Crippen molar-refractivity contribution in [2.75, 3.05) is 19.0 Å². The van der Waals surface area contributed by atoms with Gasteiger partial charge in [-0.25, -0.2) is 0 Å². The highest BCUT2D eigenvalue weighted by Gasteiger charge is 2.08. The summed E-state index contributed by atoms with van der Waals surface area (Å²) in [4.78, 5) is 12.1. The van der Waals surface area contributed by atoms with Gasteiger partial charge in [-0.2, -0.15) is 0 Å². The number of anilines is 1. The molecule has 2 N–H and O–H groups in total. The molecule has 0 aliphatic heterocycles. The van der Waals surface area contributed by atoms with Gasteiger partial charge in [-0.3, -0.25) is 4.79 Å². The van der Waals surface area contributed by atoms with E-state index in [0.29, 0.717) is 18.1 Å². The molecule has 0 radical (unpaired) electrons. The lowest BCUT2D eigenvalue weighted by Gasteiger charge is -2.07. The molecule has 23 heavy (non-hydrogen) atoms. The molecule has 1 aromatic heterocycles. The van der Waals surface area contributed by atoms with Gasteiger partial charge in [-0.15, -0.1) is 10.2 Å². The number of nitrogens with zero attached hydrogens (tertiary/aromatic N) is 2. The lowest BCUT2D eigenvalue weighted by atomic mass is 10.2. The predicted molar refractivity (Wildman–Crippen MR) is 89.6 cm³/mol. The van der Waals surface area contributed by atoms with E-state index < -0.39 is 0 Å². The van der Waals surface area contributed by atoms with Crippen LogP contribution in [-0.2, 0) is 6.54 Å². The van der Waals surface area contributed by atoms with E-state index in [1.54, 1.807) is 19.2 Å². The van der Waals surface area contributed by atoms with E-state index in [9.17, 15) is 4.79 Å². The summed E-state index contributed by atoms with van der Waals surface area (Å²) in [5.74, 6) is 1.23. The second-order valence-electron chi connectivity index (χ2n) is 5.11. The number of methoxy groups -OCH3 is 1. The van der Waals surface area contributed by atoms with Crippen LogP contribution >= 0.6 is 0 Å². The summed E-state index contributed by atoms with van der Waals surface area (Å²) in [7, 11) is 1.62. The fraction of sp³-hybridized carbons (Fsp3) is 0.353. The van der Waals surface area contributed by atoms with Gasteiger partial charge in [0, 0.05) is 13.1 Å². The molecule has 0 bridgehead atoms. The van der Waals surface area contributed by atoms with Crippen LogP contribution in [0.2, 0.25) is 0 Å². The van der Waals surface area contributed by atoms with Crippen LogP contribution in [0, 0.1) is 0 Å². The minimum absolute atomic E-state index is 0.242. The number of ether oxygens (including phenoxy) is 1. The van der Waals surface area contributed by atoms with Crippen LogP contribution in [0.15, 0.2) is 36.4 Å². The molecule has 0 fully saturated rings. The first kappa shape index (κ1) is 16.7. The monoisotopic (exact) mass is 314 g/mol. The molecule has 0 aliphatic carbocycles. The van der Waals surface area contributed by atoms with Crippen LogP contribution in [0.3, 0.4) is 0 Å². The fourth-order valence-electron chi connectivity index (χ4n) is 1.96. The number of hydrogen-bond donors (Lipinski definition) is 2. The Labute approximate surface area is 136 Å². The Hall–Kier alpha value is -2.63.